The lowest BCUT2D eigenvalue weighted by Gasteiger charge is -2.38. The van der Waals surface area contributed by atoms with Crippen molar-refractivity contribution in [2.75, 3.05) is 20.1 Å². The molecule has 1 N–H and O–H groups in total. The highest BCUT2D eigenvalue weighted by atomic mass is 32.1. The van der Waals surface area contributed by atoms with E-state index in [1.54, 1.807) is 0 Å². The summed E-state index contributed by atoms with van der Waals surface area (Å²) in [5.74, 6) is 0.991. The van der Waals surface area contributed by atoms with E-state index in [9.17, 15) is 0 Å². The molecule has 2 rings (SSSR count). The molecule has 0 radical (unpaired) electrons. The molecule has 1 aromatic heterocycles. The molecule has 16 heavy (non-hydrogen) atoms. The molecule has 90 valence electrons. The lowest BCUT2D eigenvalue weighted by atomic mass is 9.80. The van der Waals surface area contributed by atoms with Gasteiger partial charge in [0, 0.05) is 6.54 Å². The van der Waals surface area contributed by atoms with E-state index < -0.39 is 0 Å². The van der Waals surface area contributed by atoms with Gasteiger partial charge in [-0.25, -0.2) is 0 Å². The average Bonchev–Trinajstić information content (AvgIpc) is 2.55. The molecule has 1 aliphatic heterocycles. The van der Waals surface area contributed by atoms with Crippen LogP contribution in [0, 0.1) is 17.1 Å². The molecule has 1 aliphatic rings. The Hall–Kier alpha value is -0.680. The normalized spacial score (nSPS) is 21.2. The van der Waals surface area contributed by atoms with Crippen molar-refractivity contribution in [1.29, 1.82) is 0 Å². The Balaban J connectivity index is 2.12. The first-order valence-electron chi connectivity index (χ1n) is 5.81. The number of piperidine rings is 1. The molecule has 0 bridgehead atoms. The van der Waals surface area contributed by atoms with Crippen molar-refractivity contribution in [1.82, 2.24) is 19.7 Å². The largest absolute Gasteiger partial charge is 0.306 e. The molecule has 5 heteroatoms. The fourth-order valence-electron chi connectivity index (χ4n) is 2.28. The number of aryl methyl sites for hydroxylation is 1. The lowest BCUT2D eigenvalue weighted by Crippen LogP contribution is -2.38. The Morgan fingerprint density at radius 2 is 2.06 bits per heavy atom. The van der Waals surface area contributed by atoms with Crippen molar-refractivity contribution >= 4 is 12.2 Å². The summed E-state index contributed by atoms with van der Waals surface area (Å²) in [6.07, 6.45) is 2.46. The van der Waals surface area contributed by atoms with Gasteiger partial charge in [-0.05, 0) is 57.5 Å². The van der Waals surface area contributed by atoms with E-state index in [4.69, 9.17) is 12.2 Å². The minimum absolute atomic E-state index is 0.360. The fourth-order valence-corrected chi connectivity index (χ4v) is 2.52. The SMILES string of the molecule is Cc1n[nH]c(=S)n1CC1(C)CCN(C)CC1. The Bertz CT molecular complexity index is 412. The van der Waals surface area contributed by atoms with E-state index in [1.165, 1.54) is 25.9 Å². The molecule has 0 amide bonds. The average molecular weight is 240 g/mol. The summed E-state index contributed by atoms with van der Waals surface area (Å²) in [6.45, 7) is 7.71. The Kier molecular flexibility index (Phi) is 3.17. The number of rotatable bonds is 2. The van der Waals surface area contributed by atoms with Gasteiger partial charge in [-0.3, -0.25) is 5.10 Å². The minimum Gasteiger partial charge on any atom is -0.306 e. The van der Waals surface area contributed by atoms with Gasteiger partial charge in [0.2, 0.25) is 0 Å². The summed E-state index contributed by atoms with van der Waals surface area (Å²) in [5, 5.41) is 7.02. The second kappa shape index (κ2) is 4.30. The summed E-state index contributed by atoms with van der Waals surface area (Å²) >= 11 is 5.25. The first-order chi connectivity index (χ1) is 7.50. The number of hydrogen-bond acceptors (Lipinski definition) is 3. The molecule has 1 saturated heterocycles. The summed E-state index contributed by atoms with van der Waals surface area (Å²) in [6, 6.07) is 0. The van der Waals surface area contributed by atoms with Gasteiger partial charge in [0.15, 0.2) is 4.77 Å². The number of H-pyrrole nitrogens is 1. The van der Waals surface area contributed by atoms with Crippen LogP contribution in [0.25, 0.3) is 0 Å². The van der Waals surface area contributed by atoms with E-state index in [-0.39, 0.29) is 0 Å². The smallest absolute Gasteiger partial charge is 0.195 e. The monoisotopic (exact) mass is 240 g/mol. The molecule has 0 unspecified atom stereocenters. The summed E-state index contributed by atoms with van der Waals surface area (Å²) in [5.41, 5.74) is 0.360. The number of hydrogen-bond donors (Lipinski definition) is 1. The molecule has 1 aromatic rings. The van der Waals surface area contributed by atoms with E-state index >= 15 is 0 Å². The zero-order chi connectivity index (χ0) is 11.8. The second-order valence-corrected chi connectivity index (χ2v) is 5.66. The first-order valence-corrected chi connectivity index (χ1v) is 6.21. The zero-order valence-corrected chi connectivity index (χ0v) is 11.1. The number of aromatic amines is 1. The molecular weight excluding hydrogens is 220 g/mol. The Labute approximate surface area is 102 Å². The topological polar surface area (TPSA) is 36.9 Å². The first kappa shape index (κ1) is 11.8. The number of likely N-dealkylation sites (tertiary alicyclic amines) is 1. The third kappa shape index (κ3) is 2.35. The van der Waals surface area contributed by atoms with Crippen LogP contribution in [0.3, 0.4) is 0 Å². The van der Waals surface area contributed by atoms with Crippen LogP contribution in [0.4, 0.5) is 0 Å². The second-order valence-electron chi connectivity index (χ2n) is 5.28. The maximum Gasteiger partial charge on any atom is 0.195 e. The van der Waals surface area contributed by atoms with E-state index in [2.05, 4.69) is 33.6 Å². The van der Waals surface area contributed by atoms with Crippen LogP contribution in [-0.2, 0) is 6.54 Å². The highest BCUT2D eigenvalue weighted by Gasteiger charge is 2.29. The molecular formula is C11H20N4S. The Morgan fingerprint density at radius 3 is 2.56 bits per heavy atom. The number of nitrogens with one attached hydrogen (secondary N) is 1. The van der Waals surface area contributed by atoms with Crippen LogP contribution >= 0.6 is 12.2 Å². The van der Waals surface area contributed by atoms with Crippen molar-refractivity contribution in [2.24, 2.45) is 5.41 Å². The fraction of sp³-hybridized carbons (Fsp3) is 0.818. The summed E-state index contributed by atoms with van der Waals surface area (Å²) < 4.78 is 2.87. The quantitative estimate of drug-likeness (QED) is 0.803. The number of aromatic nitrogens is 3. The molecule has 0 atom stereocenters. The van der Waals surface area contributed by atoms with Gasteiger partial charge in [0.05, 0.1) is 0 Å². The third-order valence-electron chi connectivity index (χ3n) is 3.68. The van der Waals surface area contributed by atoms with Crippen molar-refractivity contribution < 1.29 is 0 Å². The van der Waals surface area contributed by atoms with Gasteiger partial charge < -0.3 is 9.47 Å². The van der Waals surface area contributed by atoms with Gasteiger partial charge >= 0.3 is 0 Å². The Morgan fingerprint density at radius 1 is 1.44 bits per heavy atom. The van der Waals surface area contributed by atoms with Gasteiger partial charge in [-0.1, -0.05) is 6.92 Å². The molecule has 1 fully saturated rings. The van der Waals surface area contributed by atoms with E-state index in [0.29, 0.717) is 5.41 Å². The molecule has 0 spiro atoms. The van der Waals surface area contributed by atoms with Gasteiger partial charge in [-0.2, -0.15) is 5.10 Å². The van der Waals surface area contributed by atoms with Crippen LogP contribution < -0.4 is 0 Å². The van der Waals surface area contributed by atoms with Crippen molar-refractivity contribution in [3.63, 3.8) is 0 Å². The van der Waals surface area contributed by atoms with E-state index in [1.807, 2.05) is 6.92 Å². The molecule has 4 nitrogen and oxygen atoms in total. The van der Waals surface area contributed by atoms with Crippen LogP contribution in [0.1, 0.15) is 25.6 Å². The third-order valence-corrected chi connectivity index (χ3v) is 3.99. The van der Waals surface area contributed by atoms with Crippen molar-refractivity contribution in [3.05, 3.63) is 10.6 Å². The molecule has 0 saturated carbocycles. The van der Waals surface area contributed by atoms with Gasteiger partial charge in [0.25, 0.3) is 0 Å². The molecule has 0 aromatic carbocycles. The summed E-state index contributed by atoms with van der Waals surface area (Å²) in [4.78, 5) is 2.39. The van der Waals surface area contributed by atoms with Gasteiger partial charge in [-0.15, -0.1) is 0 Å². The van der Waals surface area contributed by atoms with Crippen LogP contribution in [-0.4, -0.2) is 39.8 Å². The lowest BCUT2D eigenvalue weighted by molar-refractivity contribution is 0.119. The highest BCUT2D eigenvalue weighted by molar-refractivity contribution is 7.71. The van der Waals surface area contributed by atoms with Crippen LogP contribution in [0.5, 0.6) is 0 Å². The van der Waals surface area contributed by atoms with Crippen LogP contribution in [0.2, 0.25) is 0 Å². The minimum atomic E-state index is 0.360. The maximum absolute atomic E-state index is 5.25. The zero-order valence-electron chi connectivity index (χ0n) is 10.3. The van der Waals surface area contributed by atoms with E-state index in [0.717, 1.165) is 17.1 Å². The predicted molar refractivity (Wildman–Crippen MR) is 67.0 cm³/mol. The molecule has 0 aliphatic carbocycles. The maximum atomic E-state index is 5.25. The van der Waals surface area contributed by atoms with Crippen molar-refractivity contribution in [3.8, 4) is 0 Å². The van der Waals surface area contributed by atoms with Crippen molar-refractivity contribution in [2.45, 2.75) is 33.2 Å². The van der Waals surface area contributed by atoms with Crippen LogP contribution in [0.15, 0.2) is 0 Å². The van der Waals surface area contributed by atoms with Gasteiger partial charge in [0.1, 0.15) is 5.82 Å². The summed E-state index contributed by atoms with van der Waals surface area (Å²) in [7, 11) is 2.19. The molecule has 2 heterocycles. The standard InChI is InChI=1S/C11H20N4S/c1-9-12-13-10(16)15(9)8-11(2)4-6-14(3)7-5-11/h4-8H2,1-3H3,(H,13,16). The highest BCUT2D eigenvalue weighted by Crippen LogP contribution is 2.32. The predicted octanol–water partition coefficient (Wildman–Crippen LogP) is 1.98. The number of nitrogens with zero attached hydrogens (tertiary/aromatic N) is 3.